The summed E-state index contributed by atoms with van der Waals surface area (Å²) < 4.78 is 0. The molecule has 2 heterocycles. The Hall–Kier alpha value is -1.10. The molecule has 2 saturated heterocycles. The average Bonchev–Trinajstić information content (AvgIpc) is 2.52. The van der Waals surface area contributed by atoms with Crippen molar-refractivity contribution in [3.63, 3.8) is 0 Å². The van der Waals surface area contributed by atoms with Gasteiger partial charge in [0.25, 0.3) is 5.91 Å². The second-order valence-corrected chi connectivity index (χ2v) is 4.73. The average molecular weight is 225 g/mol. The minimum atomic E-state index is -0.708. The standard InChI is InChI=1S/C11H19N3O2/c1-3-14-9(15)11(2,13-10(14)16)8-5-4-6-12-7-8/h8,12H,3-7H2,1-2H3,(H,13,16). The van der Waals surface area contributed by atoms with Crippen LogP contribution in [0.5, 0.6) is 0 Å². The zero-order chi connectivity index (χ0) is 11.8. The number of amides is 3. The molecule has 0 aromatic heterocycles. The van der Waals surface area contributed by atoms with Crippen LogP contribution in [0.3, 0.4) is 0 Å². The molecule has 16 heavy (non-hydrogen) atoms. The van der Waals surface area contributed by atoms with Crippen LogP contribution < -0.4 is 10.6 Å². The molecule has 0 aromatic rings. The summed E-state index contributed by atoms with van der Waals surface area (Å²) in [6, 6.07) is -0.249. The highest BCUT2D eigenvalue weighted by Crippen LogP contribution is 2.29. The van der Waals surface area contributed by atoms with Gasteiger partial charge in [-0.3, -0.25) is 9.69 Å². The summed E-state index contributed by atoms with van der Waals surface area (Å²) >= 11 is 0. The van der Waals surface area contributed by atoms with E-state index < -0.39 is 5.54 Å². The molecule has 2 aliphatic rings. The van der Waals surface area contributed by atoms with Crippen molar-refractivity contribution >= 4 is 11.9 Å². The fraction of sp³-hybridized carbons (Fsp3) is 0.818. The van der Waals surface area contributed by atoms with Crippen molar-refractivity contribution in [2.24, 2.45) is 5.92 Å². The van der Waals surface area contributed by atoms with Crippen LogP contribution in [-0.4, -0.2) is 42.0 Å². The van der Waals surface area contributed by atoms with Crippen LogP contribution >= 0.6 is 0 Å². The van der Waals surface area contributed by atoms with E-state index in [-0.39, 0.29) is 17.9 Å². The van der Waals surface area contributed by atoms with Crippen LogP contribution in [0, 0.1) is 5.92 Å². The summed E-state index contributed by atoms with van der Waals surface area (Å²) in [6.07, 6.45) is 2.06. The number of carbonyl (C=O) groups is 2. The van der Waals surface area contributed by atoms with Gasteiger partial charge in [-0.2, -0.15) is 0 Å². The second-order valence-electron chi connectivity index (χ2n) is 4.73. The fourth-order valence-corrected chi connectivity index (χ4v) is 2.62. The molecule has 2 unspecified atom stereocenters. The van der Waals surface area contributed by atoms with E-state index in [0.717, 1.165) is 25.9 Å². The van der Waals surface area contributed by atoms with Crippen LogP contribution in [0.15, 0.2) is 0 Å². The number of likely N-dealkylation sites (N-methyl/N-ethyl adjacent to an activating group) is 1. The smallest absolute Gasteiger partial charge is 0.323 e. The minimum absolute atomic E-state index is 0.0753. The normalized spacial score (nSPS) is 35.4. The lowest BCUT2D eigenvalue weighted by atomic mass is 9.80. The zero-order valence-electron chi connectivity index (χ0n) is 9.88. The Labute approximate surface area is 95.6 Å². The van der Waals surface area contributed by atoms with Gasteiger partial charge in [-0.1, -0.05) is 0 Å². The largest absolute Gasteiger partial charge is 0.325 e. The number of hydrogen-bond acceptors (Lipinski definition) is 3. The number of nitrogens with zero attached hydrogens (tertiary/aromatic N) is 1. The van der Waals surface area contributed by atoms with Crippen LogP contribution in [0.25, 0.3) is 0 Å². The lowest BCUT2D eigenvalue weighted by Crippen LogP contribution is -2.55. The van der Waals surface area contributed by atoms with Crippen LogP contribution in [0.1, 0.15) is 26.7 Å². The molecule has 2 N–H and O–H groups in total. The first-order valence-corrected chi connectivity index (χ1v) is 5.94. The summed E-state index contributed by atoms with van der Waals surface area (Å²) in [4.78, 5) is 25.1. The molecule has 0 bridgehead atoms. The van der Waals surface area contributed by atoms with Crippen molar-refractivity contribution < 1.29 is 9.59 Å². The Balaban J connectivity index is 2.18. The molecular weight excluding hydrogens is 206 g/mol. The van der Waals surface area contributed by atoms with Gasteiger partial charge < -0.3 is 10.6 Å². The van der Waals surface area contributed by atoms with Crippen LogP contribution in [0.2, 0.25) is 0 Å². The predicted octanol–water partition coefficient (Wildman–Crippen LogP) is 0.316. The maximum absolute atomic E-state index is 12.2. The van der Waals surface area contributed by atoms with Gasteiger partial charge in [-0.05, 0) is 33.2 Å². The molecule has 2 fully saturated rings. The highest BCUT2D eigenvalue weighted by molar-refractivity contribution is 6.07. The van der Waals surface area contributed by atoms with Crippen molar-refractivity contribution in [2.75, 3.05) is 19.6 Å². The van der Waals surface area contributed by atoms with Gasteiger partial charge in [0.2, 0.25) is 0 Å². The molecular formula is C11H19N3O2. The Bertz CT molecular complexity index is 312. The highest BCUT2D eigenvalue weighted by Gasteiger charge is 2.51. The monoisotopic (exact) mass is 225 g/mol. The molecule has 2 aliphatic heterocycles. The lowest BCUT2D eigenvalue weighted by Gasteiger charge is -2.34. The molecule has 90 valence electrons. The molecule has 0 aromatic carbocycles. The van der Waals surface area contributed by atoms with E-state index in [1.165, 1.54) is 4.90 Å². The third-order valence-corrected chi connectivity index (χ3v) is 3.73. The van der Waals surface area contributed by atoms with E-state index >= 15 is 0 Å². The molecule has 3 amide bonds. The maximum Gasteiger partial charge on any atom is 0.325 e. The SMILES string of the molecule is CCN1C(=O)NC(C)(C2CCCNC2)C1=O. The number of imide groups is 1. The first-order chi connectivity index (χ1) is 7.59. The summed E-state index contributed by atoms with van der Waals surface area (Å²) in [5.41, 5.74) is -0.708. The quantitative estimate of drug-likeness (QED) is 0.665. The number of carbonyl (C=O) groups excluding carboxylic acids is 2. The summed E-state index contributed by atoms with van der Waals surface area (Å²) in [7, 11) is 0. The molecule has 0 spiro atoms. The second kappa shape index (κ2) is 4.05. The topological polar surface area (TPSA) is 61.4 Å². The first-order valence-electron chi connectivity index (χ1n) is 5.94. The molecule has 2 rings (SSSR count). The number of rotatable bonds is 2. The van der Waals surface area contributed by atoms with Gasteiger partial charge in [0.05, 0.1) is 0 Å². The minimum Gasteiger partial charge on any atom is -0.323 e. The van der Waals surface area contributed by atoms with Crippen molar-refractivity contribution in [1.29, 1.82) is 0 Å². The van der Waals surface area contributed by atoms with E-state index in [1.54, 1.807) is 0 Å². The summed E-state index contributed by atoms with van der Waals surface area (Å²) in [5.74, 6) is 0.128. The van der Waals surface area contributed by atoms with Gasteiger partial charge in [0.1, 0.15) is 5.54 Å². The number of urea groups is 1. The first kappa shape index (κ1) is 11.4. The number of nitrogens with one attached hydrogen (secondary N) is 2. The van der Waals surface area contributed by atoms with E-state index in [2.05, 4.69) is 10.6 Å². The van der Waals surface area contributed by atoms with E-state index in [0.29, 0.717) is 6.54 Å². The molecule has 5 heteroatoms. The van der Waals surface area contributed by atoms with Gasteiger partial charge in [0.15, 0.2) is 0 Å². The van der Waals surface area contributed by atoms with E-state index in [4.69, 9.17) is 0 Å². The third-order valence-electron chi connectivity index (χ3n) is 3.73. The van der Waals surface area contributed by atoms with Gasteiger partial charge in [-0.25, -0.2) is 4.79 Å². The number of piperidine rings is 1. The third kappa shape index (κ3) is 1.59. The van der Waals surface area contributed by atoms with Gasteiger partial charge >= 0.3 is 6.03 Å². The Kier molecular flexibility index (Phi) is 2.88. The molecule has 0 radical (unpaired) electrons. The fourth-order valence-electron chi connectivity index (χ4n) is 2.62. The van der Waals surface area contributed by atoms with Crippen molar-refractivity contribution in [3.05, 3.63) is 0 Å². The molecule has 0 aliphatic carbocycles. The summed E-state index contributed by atoms with van der Waals surface area (Å²) in [5, 5.41) is 6.13. The van der Waals surface area contributed by atoms with Crippen molar-refractivity contribution in [2.45, 2.75) is 32.2 Å². The molecule has 0 saturated carbocycles. The van der Waals surface area contributed by atoms with Crippen molar-refractivity contribution in [3.8, 4) is 0 Å². The molecule has 2 atom stereocenters. The Morgan fingerprint density at radius 1 is 1.50 bits per heavy atom. The van der Waals surface area contributed by atoms with Gasteiger partial charge in [-0.15, -0.1) is 0 Å². The predicted molar refractivity (Wildman–Crippen MR) is 59.9 cm³/mol. The molecule has 5 nitrogen and oxygen atoms in total. The van der Waals surface area contributed by atoms with E-state index in [9.17, 15) is 9.59 Å². The van der Waals surface area contributed by atoms with Gasteiger partial charge in [0, 0.05) is 19.0 Å². The zero-order valence-corrected chi connectivity index (χ0v) is 9.88. The Morgan fingerprint density at radius 2 is 2.25 bits per heavy atom. The van der Waals surface area contributed by atoms with Crippen molar-refractivity contribution in [1.82, 2.24) is 15.5 Å². The lowest BCUT2D eigenvalue weighted by molar-refractivity contribution is -0.132. The van der Waals surface area contributed by atoms with Crippen LogP contribution in [-0.2, 0) is 4.79 Å². The maximum atomic E-state index is 12.2. The van der Waals surface area contributed by atoms with Crippen LogP contribution in [0.4, 0.5) is 4.79 Å². The van der Waals surface area contributed by atoms with E-state index in [1.807, 2.05) is 13.8 Å². The highest BCUT2D eigenvalue weighted by atomic mass is 16.2. The summed E-state index contributed by atoms with van der Waals surface area (Å²) in [6.45, 7) is 5.93. The number of hydrogen-bond donors (Lipinski definition) is 2. The Morgan fingerprint density at radius 3 is 2.75 bits per heavy atom.